The van der Waals surface area contributed by atoms with Gasteiger partial charge in [-0.25, -0.2) is 0 Å². The van der Waals surface area contributed by atoms with Gasteiger partial charge >= 0.3 is 0 Å². The maximum atomic E-state index is 13.3. The first-order valence-electron chi connectivity index (χ1n) is 11.3. The van der Waals surface area contributed by atoms with Crippen molar-refractivity contribution in [2.75, 3.05) is 7.05 Å². The molecule has 2 aromatic heterocycles. The lowest BCUT2D eigenvalue weighted by Gasteiger charge is -2.20. The molecule has 0 saturated heterocycles. The Morgan fingerprint density at radius 1 is 1.12 bits per heavy atom. The lowest BCUT2D eigenvalue weighted by molar-refractivity contribution is 0.0782. The molecule has 2 saturated carbocycles. The molecule has 0 unspecified atom stereocenters. The molecule has 0 N–H and O–H groups in total. The van der Waals surface area contributed by atoms with Gasteiger partial charge in [0.2, 0.25) is 5.89 Å². The standard InChI is InChI=1S/C25H25N5O2/c1-29(15-23-27-24(32-28-23)16-5-2-6-16)25(31)22-10-4-8-20-19(7-3-9-21(20)22)17-13-26-30(14-17)18-11-12-18/h3-4,7-10,13-14,16,18H,2,5-6,11-12,15H2,1H3. The highest BCUT2D eigenvalue weighted by Crippen LogP contribution is 2.37. The zero-order valence-corrected chi connectivity index (χ0v) is 18.1. The van der Waals surface area contributed by atoms with E-state index in [1.54, 1.807) is 11.9 Å². The van der Waals surface area contributed by atoms with Gasteiger partial charge in [-0.05, 0) is 48.1 Å². The second kappa shape index (κ2) is 7.58. The third-order valence-corrected chi connectivity index (χ3v) is 6.65. The molecule has 0 spiro atoms. The average Bonchev–Trinajstić information content (AvgIpc) is 3.33. The van der Waals surface area contributed by atoms with Crippen LogP contribution in [0.1, 0.15) is 66.1 Å². The van der Waals surface area contributed by atoms with Crippen molar-refractivity contribution in [1.29, 1.82) is 0 Å². The van der Waals surface area contributed by atoms with Gasteiger partial charge in [0.1, 0.15) is 0 Å². The van der Waals surface area contributed by atoms with Crippen molar-refractivity contribution in [3.63, 3.8) is 0 Å². The number of benzene rings is 2. The fraction of sp³-hybridized carbons (Fsp3) is 0.360. The Kier molecular flexibility index (Phi) is 4.56. The third kappa shape index (κ3) is 3.38. The van der Waals surface area contributed by atoms with Gasteiger partial charge in [0.15, 0.2) is 5.82 Å². The Morgan fingerprint density at radius 2 is 1.94 bits per heavy atom. The molecule has 0 radical (unpaired) electrons. The number of nitrogens with zero attached hydrogens (tertiary/aromatic N) is 5. The third-order valence-electron chi connectivity index (χ3n) is 6.65. The Morgan fingerprint density at radius 3 is 2.72 bits per heavy atom. The predicted molar refractivity (Wildman–Crippen MR) is 120 cm³/mol. The summed E-state index contributed by atoms with van der Waals surface area (Å²) in [5.74, 6) is 1.58. The fourth-order valence-electron chi connectivity index (χ4n) is 4.41. The van der Waals surface area contributed by atoms with E-state index in [2.05, 4.69) is 38.3 Å². The minimum Gasteiger partial charge on any atom is -0.339 e. The van der Waals surface area contributed by atoms with Crippen LogP contribution in [0.4, 0.5) is 0 Å². The predicted octanol–water partition coefficient (Wildman–Crippen LogP) is 4.96. The number of hydrogen-bond acceptors (Lipinski definition) is 5. The molecule has 0 bridgehead atoms. The Hall–Kier alpha value is -3.48. The fourth-order valence-corrected chi connectivity index (χ4v) is 4.41. The van der Waals surface area contributed by atoms with E-state index in [1.807, 2.05) is 30.5 Å². The number of fused-ring (bicyclic) bond motifs is 1. The van der Waals surface area contributed by atoms with E-state index < -0.39 is 0 Å². The van der Waals surface area contributed by atoms with E-state index in [-0.39, 0.29) is 5.91 Å². The van der Waals surface area contributed by atoms with Gasteiger partial charge in [-0.2, -0.15) is 10.1 Å². The van der Waals surface area contributed by atoms with Gasteiger partial charge in [0, 0.05) is 30.3 Å². The lowest BCUT2D eigenvalue weighted by Crippen LogP contribution is -2.27. The van der Waals surface area contributed by atoms with Crippen LogP contribution in [0, 0.1) is 0 Å². The van der Waals surface area contributed by atoms with Crippen molar-refractivity contribution in [1.82, 2.24) is 24.8 Å². The number of carbonyl (C=O) groups excluding carboxylic acids is 1. The summed E-state index contributed by atoms with van der Waals surface area (Å²) in [6, 6.07) is 12.5. The smallest absolute Gasteiger partial charge is 0.254 e. The molecule has 2 fully saturated rings. The zero-order chi connectivity index (χ0) is 21.7. The van der Waals surface area contributed by atoms with E-state index >= 15 is 0 Å². The Balaban J connectivity index is 1.28. The van der Waals surface area contributed by atoms with E-state index in [0.717, 1.165) is 34.7 Å². The Labute approximate surface area is 186 Å². The highest BCUT2D eigenvalue weighted by Gasteiger charge is 2.27. The first-order chi connectivity index (χ1) is 15.7. The second-order valence-electron chi connectivity index (χ2n) is 8.98. The van der Waals surface area contributed by atoms with Gasteiger partial charge in [0.05, 0.1) is 18.8 Å². The normalized spacial score (nSPS) is 16.3. The molecular formula is C25H25N5O2. The summed E-state index contributed by atoms with van der Waals surface area (Å²) in [6.07, 6.45) is 9.86. The maximum Gasteiger partial charge on any atom is 0.254 e. The number of carbonyl (C=O) groups is 1. The summed E-state index contributed by atoms with van der Waals surface area (Å²) in [5.41, 5.74) is 2.84. The van der Waals surface area contributed by atoms with E-state index in [1.165, 1.54) is 19.3 Å². The molecular weight excluding hydrogens is 402 g/mol. The molecule has 6 rings (SSSR count). The second-order valence-corrected chi connectivity index (χ2v) is 8.98. The van der Waals surface area contributed by atoms with Crippen molar-refractivity contribution in [3.8, 4) is 11.1 Å². The van der Waals surface area contributed by atoms with Crippen LogP contribution in [-0.2, 0) is 6.54 Å². The molecule has 4 aromatic rings. The highest BCUT2D eigenvalue weighted by atomic mass is 16.5. The van der Waals surface area contributed by atoms with Gasteiger partial charge in [-0.3, -0.25) is 9.48 Å². The minimum atomic E-state index is -0.0589. The number of hydrogen-bond donors (Lipinski definition) is 0. The average molecular weight is 428 g/mol. The van der Waals surface area contributed by atoms with Crippen LogP contribution in [0.25, 0.3) is 21.9 Å². The van der Waals surface area contributed by atoms with Gasteiger partial charge < -0.3 is 9.42 Å². The monoisotopic (exact) mass is 427 g/mol. The number of rotatable bonds is 6. The van der Waals surface area contributed by atoms with Crippen molar-refractivity contribution < 1.29 is 9.32 Å². The van der Waals surface area contributed by atoms with Crippen LogP contribution < -0.4 is 0 Å². The molecule has 2 heterocycles. The molecule has 7 heteroatoms. The summed E-state index contributed by atoms with van der Waals surface area (Å²) in [7, 11) is 1.78. The van der Waals surface area contributed by atoms with Crippen LogP contribution in [-0.4, -0.2) is 37.8 Å². The summed E-state index contributed by atoms with van der Waals surface area (Å²) >= 11 is 0. The van der Waals surface area contributed by atoms with Crippen LogP contribution in [0.3, 0.4) is 0 Å². The summed E-state index contributed by atoms with van der Waals surface area (Å²) in [4.78, 5) is 19.5. The number of amides is 1. The van der Waals surface area contributed by atoms with E-state index in [4.69, 9.17) is 4.52 Å². The molecule has 1 amide bonds. The largest absolute Gasteiger partial charge is 0.339 e. The molecule has 2 aliphatic carbocycles. The van der Waals surface area contributed by atoms with E-state index in [9.17, 15) is 4.79 Å². The first kappa shape index (κ1) is 19.2. The van der Waals surface area contributed by atoms with Crippen molar-refractivity contribution in [2.45, 2.75) is 50.6 Å². The topological polar surface area (TPSA) is 77.1 Å². The quantitative estimate of drug-likeness (QED) is 0.435. The first-order valence-corrected chi connectivity index (χ1v) is 11.3. The van der Waals surface area contributed by atoms with Crippen molar-refractivity contribution in [2.24, 2.45) is 0 Å². The molecule has 0 atom stereocenters. The molecule has 32 heavy (non-hydrogen) atoms. The number of aromatic nitrogens is 4. The van der Waals surface area contributed by atoms with Crippen LogP contribution in [0.15, 0.2) is 53.3 Å². The van der Waals surface area contributed by atoms with Gasteiger partial charge in [0.25, 0.3) is 5.91 Å². The Bertz CT molecular complexity index is 1300. The molecule has 0 aliphatic heterocycles. The molecule has 2 aliphatic rings. The summed E-state index contributed by atoms with van der Waals surface area (Å²) in [5, 5.41) is 10.6. The lowest BCUT2D eigenvalue weighted by atomic mass is 9.85. The van der Waals surface area contributed by atoms with Crippen LogP contribution in [0.5, 0.6) is 0 Å². The highest BCUT2D eigenvalue weighted by molar-refractivity contribution is 6.10. The van der Waals surface area contributed by atoms with Crippen LogP contribution in [0.2, 0.25) is 0 Å². The van der Waals surface area contributed by atoms with Crippen molar-refractivity contribution in [3.05, 3.63) is 66.1 Å². The van der Waals surface area contributed by atoms with Crippen molar-refractivity contribution >= 4 is 16.7 Å². The summed E-state index contributed by atoms with van der Waals surface area (Å²) in [6.45, 7) is 0.319. The van der Waals surface area contributed by atoms with Crippen LogP contribution >= 0.6 is 0 Å². The summed E-state index contributed by atoms with van der Waals surface area (Å²) < 4.78 is 7.46. The minimum absolute atomic E-state index is 0.0589. The maximum absolute atomic E-state index is 13.3. The van der Waals surface area contributed by atoms with Gasteiger partial charge in [-0.1, -0.05) is 41.9 Å². The van der Waals surface area contributed by atoms with E-state index in [0.29, 0.717) is 35.8 Å². The molecule has 7 nitrogen and oxygen atoms in total. The SMILES string of the molecule is CN(Cc1noc(C2CCC2)n1)C(=O)c1cccc2c(-c3cnn(C4CC4)c3)cccc12. The molecule has 162 valence electrons. The molecule has 2 aromatic carbocycles. The zero-order valence-electron chi connectivity index (χ0n) is 18.1. The van der Waals surface area contributed by atoms with Gasteiger partial charge in [-0.15, -0.1) is 0 Å².